The Balaban J connectivity index is 0.000000197. The molecule has 0 bridgehead atoms. The number of rotatable bonds is 6. The van der Waals surface area contributed by atoms with Crippen molar-refractivity contribution in [3.63, 3.8) is 0 Å². The predicted octanol–water partition coefficient (Wildman–Crippen LogP) is 4.11. The molecule has 0 amide bonds. The van der Waals surface area contributed by atoms with Crippen molar-refractivity contribution in [3.05, 3.63) is 83.9 Å². The van der Waals surface area contributed by atoms with Crippen molar-refractivity contribution in [2.75, 3.05) is 13.2 Å². The fourth-order valence-electron chi connectivity index (χ4n) is 1.84. The number of hydrogen-bond donors (Lipinski definition) is 0. The van der Waals surface area contributed by atoms with Crippen LogP contribution in [0.1, 0.15) is 11.1 Å². The molecular weight excluding hydrogens is 352 g/mol. The van der Waals surface area contributed by atoms with Crippen LogP contribution in [0.3, 0.4) is 0 Å². The summed E-state index contributed by atoms with van der Waals surface area (Å²) in [7, 11) is 0. The molecule has 1 atom stereocenters. The van der Waals surface area contributed by atoms with Gasteiger partial charge in [-0.3, -0.25) is 4.79 Å². The fraction of sp³-hybridized carbons (Fsp3) is 0.143. The molecule has 4 nitrogen and oxygen atoms in total. The van der Waals surface area contributed by atoms with E-state index in [0.29, 0.717) is 13.2 Å². The molecule has 0 aromatic heterocycles. The van der Waals surface area contributed by atoms with Crippen LogP contribution in [-0.2, 0) is 19.1 Å². The van der Waals surface area contributed by atoms with Gasteiger partial charge in [0.05, 0.1) is 6.61 Å². The Labute approximate surface area is 157 Å². The van der Waals surface area contributed by atoms with E-state index in [1.54, 1.807) is 12.2 Å². The third-order valence-electron chi connectivity index (χ3n) is 3.23. The normalized spacial score (nSPS) is 15.3. The molecule has 1 unspecified atom stereocenters. The molecule has 0 N–H and O–H groups in total. The molecule has 0 spiro atoms. The summed E-state index contributed by atoms with van der Waals surface area (Å²) in [4.78, 5) is 21.5. The van der Waals surface area contributed by atoms with Gasteiger partial charge in [-0.25, -0.2) is 4.79 Å². The van der Waals surface area contributed by atoms with Crippen LogP contribution >= 0.6 is 11.6 Å². The molecule has 2 aromatic carbocycles. The highest BCUT2D eigenvalue weighted by molar-refractivity contribution is 6.66. The van der Waals surface area contributed by atoms with Gasteiger partial charge in [-0.05, 0) is 34.9 Å². The second-order valence-electron chi connectivity index (χ2n) is 5.38. The minimum absolute atomic E-state index is 0.124. The largest absolute Gasteiger partial charge is 0.460 e. The van der Waals surface area contributed by atoms with Crippen molar-refractivity contribution >= 4 is 35.0 Å². The highest BCUT2D eigenvalue weighted by atomic mass is 35.5. The second kappa shape index (κ2) is 11.0. The topological polar surface area (TPSA) is 55.9 Å². The smallest absolute Gasteiger partial charge is 0.330 e. The van der Waals surface area contributed by atoms with Crippen molar-refractivity contribution in [2.45, 2.75) is 6.10 Å². The summed E-state index contributed by atoms with van der Waals surface area (Å²) in [5, 5.41) is -0.450. The number of allylic oxidation sites excluding steroid dienone is 1. The molecule has 26 heavy (non-hydrogen) atoms. The number of esters is 1. The van der Waals surface area contributed by atoms with Crippen molar-refractivity contribution in [1.29, 1.82) is 0 Å². The summed E-state index contributed by atoms with van der Waals surface area (Å²) in [6, 6.07) is 19.1. The quantitative estimate of drug-likeness (QED) is 0.332. The van der Waals surface area contributed by atoms with Gasteiger partial charge in [0.15, 0.2) is 0 Å². The summed E-state index contributed by atoms with van der Waals surface area (Å²) < 4.78 is 9.86. The third-order valence-corrected chi connectivity index (χ3v) is 3.36. The number of halogens is 1. The maximum Gasteiger partial charge on any atom is 0.330 e. The van der Waals surface area contributed by atoms with Gasteiger partial charge in [0.25, 0.3) is 0 Å². The fourth-order valence-corrected chi connectivity index (χ4v) is 1.90. The maximum absolute atomic E-state index is 11.2. The third kappa shape index (κ3) is 8.97. The first-order valence-electron chi connectivity index (χ1n) is 8.07. The van der Waals surface area contributed by atoms with E-state index in [9.17, 15) is 9.59 Å². The standard InChI is InChI=1S/C12H12O3.C9H7ClO/c13-12(15-9-11-8-14-11)7-6-10-4-2-1-3-5-10;10-9(11)7-6-8-4-2-1-3-5-8/h1-7,11H,8-9H2;1-7H. The molecule has 1 saturated heterocycles. The highest BCUT2D eigenvalue weighted by Crippen LogP contribution is 2.09. The summed E-state index contributed by atoms with van der Waals surface area (Å²) in [5.74, 6) is -0.325. The monoisotopic (exact) mass is 370 g/mol. The zero-order valence-electron chi connectivity index (χ0n) is 14.1. The first-order valence-corrected chi connectivity index (χ1v) is 8.45. The number of ether oxygens (including phenoxy) is 2. The van der Waals surface area contributed by atoms with Crippen molar-refractivity contribution < 1.29 is 19.1 Å². The van der Waals surface area contributed by atoms with E-state index in [-0.39, 0.29) is 12.1 Å². The average molecular weight is 371 g/mol. The van der Waals surface area contributed by atoms with Crippen LogP contribution < -0.4 is 0 Å². The lowest BCUT2D eigenvalue weighted by molar-refractivity contribution is -0.138. The lowest BCUT2D eigenvalue weighted by Crippen LogP contribution is -2.06. The van der Waals surface area contributed by atoms with E-state index in [0.717, 1.165) is 11.1 Å². The van der Waals surface area contributed by atoms with Crippen LogP contribution in [-0.4, -0.2) is 30.5 Å². The Morgan fingerprint density at radius 1 is 0.962 bits per heavy atom. The van der Waals surface area contributed by atoms with E-state index >= 15 is 0 Å². The summed E-state index contributed by atoms with van der Waals surface area (Å²) in [6.07, 6.45) is 6.29. The minimum Gasteiger partial charge on any atom is -0.460 e. The molecule has 1 fully saturated rings. The molecule has 1 aliphatic rings. The lowest BCUT2D eigenvalue weighted by Gasteiger charge is -1.97. The van der Waals surface area contributed by atoms with Crippen molar-refractivity contribution in [1.82, 2.24) is 0 Å². The summed E-state index contributed by atoms with van der Waals surface area (Å²) in [6.45, 7) is 1.06. The zero-order valence-corrected chi connectivity index (χ0v) is 14.8. The van der Waals surface area contributed by atoms with Crippen molar-refractivity contribution in [3.8, 4) is 0 Å². The van der Waals surface area contributed by atoms with Gasteiger partial charge in [0.1, 0.15) is 12.7 Å². The summed E-state index contributed by atoms with van der Waals surface area (Å²) >= 11 is 5.10. The molecule has 3 rings (SSSR count). The Hall–Kier alpha value is -2.69. The predicted molar refractivity (Wildman–Crippen MR) is 103 cm³/mol. The van der Waals surface area contributed by atoms with E-state index in [1.807, 2.05) is 60.7 Å². The van der Waals surface area contributed by atoms with Crippen LogP contribution in [0.5, 0.6) is 0 Å². The van der Waals surface area contributed by atoms with E-state index in [2.05, 4.69) is 0 Å². The average Bonchev–Trinajstić information content (AvgIpc) is 3.50. The number of benzene rings is 2. The molecular formula is C21H19ClO4. The Morgan fingerprint density at radius 2 is 1.46 bits per heavy atom. The zero-order chi connectivity index (χ0) is 18.6. The highest BCUT2D eigenvalue weighted by Gasteiger charge is 2.23. The number of hydrogen-bond acceptors (Lipinski definition) is 4. The molecule has 2 aromatic rings. The Bertz CT molecular complexity index is 750. The van der Waals surface area contributed by atoms with Gasteiger partial charge >= 0.3 is 5.97 Å². The second-order valence-corrected chi connectivity index (χ2v) is 5.75. The van der Waals surface area contributed by atoms with E-state index in [1.165, 1.54) is 12.2 Å². The van der Waals surface area contributed by atoms with Crippen LogP contribution in [0.4, 0.5) is 0 Å². The maximum atomic E-state index is 11.2. The molecule has 1 heterocycles. The number of epoxide rings is 1. The molecule has 1 aliphatic heterocycles. The van der Waals surface area contributed by atoms with Gasteiger partial charge in [-0.1, -0.05) is 66.7 Å². The first kappa shape index (κ1) is 19.6. The molecule has 134 valence electrons. The first-order chi connectivity index (χ1) is 12.6. The minimum atomic E-state index is -0.450. The van der Waals surface area contributed by atoms with Gasteiger partial charge in [-0.2, -0.15) is 0 Å². The van der Waals surface area contributed by atoms with E-state index in [4.69, 9.17) is 21.1 Å². The lowest BCUT2D eigenvalue weighted by atomic mass is 10.2. The van der Waals surface area contributed by atoms with E-state index < -0.39 is 5.24 Å². The molecule has 0 aliphatic carbocycles. The number of carbonyl (C=O) groups is 2. The van der Waals surface area contributed by atoms with Gasteiger partial charge in [-0.15, -0.1) is 0 Å². The molecule has 0 radical (unpaired) electrons. The summed E-state index contributed by atoms with van der Waals surface area (Å²) in [5.41, 5.74) is 1.96. The van der Waals surface area contributed by atoms with Crippen molar-refractivity contribution in [2.24, 2.45) is 0 Å². The van der Waals surface area contributed by atoms with Gasteiger partial charge in [0.2, 0.25) is 5.24 Å². The SMILES string of the molecule is O=C(C=Cc1ccccc1)OCC1CO1.O=C(Cl)C=Cc1ccccc1. The van der Waals surface area contributed by atoms with Crippen LogP contribution in [0, 0.1) is 0 Å². The molecule has 0 saturated carbocycles. The Morgan fingerprint density at radius 3 is 1.92 bits per heavy atom. The number of carbonyl (C=O) groups excluding carboxylic acids is 2. The Kier molecular flexibility index (Phi) is 8.33. The molecule has 5 heteroatoms. The van der Waals surface area contributed by atoms with Crippen LogP contribution in [0.15, 0.2) is 72.8 Å². The van der Waals surface area contributed by atoms with Gasteiger partial charge in [0, 0.05) is 6.08 Å². The van der Waals surface area contributed by atoms with Gasteiger partial charge < -0.3 is 9.47 Å². The van der Waals surface area contributed by atoms with Crippen LogP contribution in [0.2, 0.25) is 0 Å². The van der Waals surface area contributed by atoms with Crippen LogP contribution in [0.25, 0.3) is 12.2 Å².